The summed E-state index contributed by atoms with van der Waals surface area (Å²) < 4.78 is 6.67. The molecule has 0 atom stereocenters. The van der Waals surface area contributed by atoms with Crippen LogP contribution in [0.1, 0.15) is 23.8 Å². The van der Waals surface area contributed by atoms with Crippen molar-refractivity contribution >= 4 is 21.4 Å². The van der Waals surface area contributed by atoms with Crippen molar-refractivity contribution in [2.75, 3.05) is 7.11 Å². The first kappa shape index (κ1) is 10.7. The summed E-state index contributed by atoms with van der Waals surface area (Å²) in [5.74, 6) is 0. The first-order valence-corrected chi connectivity index (χ1v) is 6.16. The van der Waals surface area contributed by atoms with Gasteiger partial charge in [0.2, 0.25) is 0 Å². The maximum atomic E-state index is 5.29. The lowest BCUT2D eigenvalue weighted by molar-refractivity contribution is 0.185. The number of benzene rings is 1. The minimum atomic E-state index is 0.735. The molecule has 0 fully saturated rings. The number of hydrogen-bond donors (Lipinski definition) is 0. The summed E-state index contributed by atoms with van der Waals surface area (Å²) >= 11 is 1.91. The van der Waals surface area contributed by atoms with Crippen molar-refractivity contribution < 1.29 is 4.74 Å². The Labute approximate surface area is 94.7 Å². The van der Waals surface area contributed by atoms with Gasteiger partial charge < -0.3 is 4.74 Å². The summed E-state index contributed by atoms with van der Waals surface area (Å²) in [5, 5.41) is 1.37. The molecule has 15 heavy (non-hydrogen) atoms. The van der Waals surface area contributed by atoms with Gasteiger partial charge in [0.15, 0.2) is 0 Å². The molecule has 2 heteroatoms. The fraction of sp³-hybridized carbons (Fsp3) is 0.385. The Balaban J connectivity index is 2.53. The highest BCUT2D eigenvalue weighted by Crippen LogP contribution is 2.32. The molecule has 80 valence electrons. The lowest BCUT2D eigenvalue weighted by atomic mass is 10.1. The molecule has 0 saturated carbocycles. The molecule has 0 saturated heterocycles. The minimum absolute atomic E-state index is 0.735. The number of fused-ring (bicyclic) bond motifs is 1. The fourth-order valence-corrected chi connectivity index (χ4v) is 3.19. The van der Waals surface area contributed by atoms with E-state index in [9.17, 15) is 0 Å². The van der Waals surface area contributed by atoms with Gasteiger partial charge in [-0.25, -0.2) is 0 Å². The van der Waals surface area contributed by atoms with Gasteiger partial charge in [0.1, 0.15) is 0 Å². The zero-order chi connectivity index (χ0) is 10.7. The summed E-state index contributed by atoms with van der Waals surface area (Å²) in [7, 11) is 1.77. The molecule has 0 N–H and O–H groups in total. The molecular formula is C13H16OS. The summed E-state index contributed by atoms with van der Waals surface area (Å²) in [6.45, 7) is 2.96. The first-order valence-electron chi connectivity index (χ1n) is 5.35. The third-order valence-electron chi connectivity index (χ3n) is 2.55. The average Bonchev–Trinajstić information content (AvgIpc) is 2.59. The Bertz CT molecular complexity index is 445. The molecule has 1 aromatic carbocycles. The molecule has 0 radical (unpaired) electrons. The van der Waals surface area contributed by atoms with Crippen molar-refractivity contribution in [1.82, 2.24) is 0 Å². The second-order valence-electron chi connectivity index (χ2n) is 3.68. The van der Waals surface area contributed by atoms with Gasteiger partial charge >= 0.3 is 0 Å². The predicted molar refractivity (Wildman–Crippen MR) is 66.5 cm³/mol. The molecule has 0 bridgehead atoms. The first-order chi connectivity index (χ1) is 7.36. The van der Waals surface area contributed by atoms with E-state index in [2.05, 4.69) is 31.2 Å². The maximum absolute atomic E-state index is 5.29. The normalized spacial score (nSPS) is 11.1. The number of rotatable bonds is 4. The van der Waals surface area contributed by atoms with Crippen LogP contribution in [0.15, 0.2) is 24.3 Å². The van der Waals surface area contributed by atoms with E-state index in [4.69, 9.17) is 4.74 Å². The predicted octanol–water partition coefficient (Wildman–Crippen LogP) is 4.00. The molecule has 0 spiro atoms. The van der Waals surface area contributed by atoms with Crippen LogP contribution in [0.25, 0.3) is 10.1 Å². The second kappa shape index (κ2) is 4.77. The highest BCUT2D eigenvalue weighted by molar-refractivity contribution is 7.19. The van der Waals surface area contributed by atoms with Crippen LogP contribution in [-0.4, -0.2) is 7.11 Å². The van der Waals surface area contributed by atoms with Gasteiger partial charge in [0, 0.05) is 16.7 Å². The van der Waals surface area contributed by atoms with Crippen LogP contribution < -0.4 is 0 Å². The van der Waals surface area contributed by atoms with Gasteiger partial charge in [-0.3, -0.25) is 0 Å². The van der Waals surface area contributed by atoms with Crippen molar-refractivity contribution in [2.24, 2.45) is 0 Å². The highest BCUT2D eigenvalue weighted by Gasteiger charge is 2.10. The van der Waals surface area contributed by atoms with Gasteiger partial charge in [-0.05, 0) is 23.4 Å². The standard InChI is InChI=1S/C13H16OS/c1-3-6-12-11(9-14-2)10-7-4-5-8-13(10)15-12/h4-5,7-8H,3,6,9H2,1-2H3. The van der Waals surface area contributed by atoms with Gasteiger partial charge in [-0.2, -0.15) is 0 Å². The third kappa shape index (κ3) is 2.06. The molecule has 2 aromatic rings. The van der Waals surface area contributed by atoms with E-state index >= 15 is 0 Å². The molecule has 1 heterocycles. The number of aryl methyl sites for hydroxylation is 1. The van der Waals surface area contributed by atoms with Crippen LogP contribution in [0.2, 0.25) is 0 Å². The number of thiophene rings is 1. The smallest absolute Gasteiger partial charge is 0.0729 e. The fourth-order valence-electron chi connectivity index (χ4n) is 1.88. The average molecular weight is 220 g/mol. The Morgan fingerprint density at radius 1 is 1.27 bits per heavy atom. The van der Waals surface area contributed by atoms with Crippen molar-refractivity contribution in [3.8, 4) is 0 Å². The lowest BCUT2D eigenvalue weighted by Gasteiger charge is -2.01. The van der Waals surface area contributed by atoms with Gasteiger partial charge in [-0.1, -0.05) is 31.5 Å². The zero-order valence-corrected chi connectivity index (χ0v) is 10.1. The molecule has 0 aliphatic carbocycles. The van der Waals surface area contributed by atoms with Crippen molar-refractivity contribution in [3.05, 3.63) is 34.7 Å². The van der Waals surface area contributed by atoms with Crippen LogP contribution in [0, 0.1) is 0 Å². The number of hydrogen-bond acceptors (Lipinski definition) is 2. The molecule has 0 aliphatic heterocycles. The monoisotopic (exact) mass is 220 g/mol. The van der Waals surface area contributed by atoms with E-state index in [1.54, 1.807) is 7.11 Å². The summed E-state index contributed by atoms with van der Waals surface area (Å²) in [6, 6.07) is 8.59. The van der Waals surface area contributed by atoms with Gasteiger partial charge in [0.05, 0.1) is 6.61 Å². The van der Waals surface area contributed by atoms with E-state index in [-0.39, 0.29) is 0 Å². The van der Waals surface area contributed by atoms with E-state index in [0.29, 0.717) is 0 Å². The van der Waals surface area contributed by atoms with Gasteiger partial charge in [-0.15, -0.1) is 11.3 Å². The van der Waals surface area contributed by atoms with Crippen LogP contribution >= 0.6 is 11.3 Å². The van der Waals surface area contributed by atoms with Crippen molar-refractivity contribution in [1.29, 1.82) is 0 Å². The quantitative estimate of drug-likeness (QED) is 0.756. The summed E-state index contributed by atoms with van der Waals surface area (Å²) in [5.41, 5.74) is 1.39. The number of methoxy groups -OCH3 is 1. The largest absolute Gasteiger partial charge is 0.380 e. The third-order valence-corrected chi connectivity index (χ3v) is 3.82. The molecule has 0 aliphatic rings. The van der Waals surface area contributed by atoms with E-state index in [1.807, 2.05) is 11.3 Å². The Hall–Kier alpha value is -0.860. The molecule has 0 unspecified atom stereocenters. The zero-order valence-electron chi connectivity index (χ0n) is 9.25. The molecule has 1 nitrogen and oxygen atoms in total. The lowest BCUT2D eigenvalue weighted by Crippen LogP contribution is -1.90. The molecular weight excluding hydrogens is 204 g/mol. The highest BCUT2D eigenvalue weighted by atomic mass is 32.1. The van der Waals surface area contributed by atoms with Crippen LogP contribution in [-0.2, 0) is 17.8 Å². The van der Waals surface area contributed by atoms with Crippen molar-refractivity contribution in [3.63, 3.8) is 0 Å². The van der Waals surface area contributed by atoms with Gasteiger partial charge in [0.25, 0.3) is 0 Å². The Morgan fingerprint density at radius 3 is 2.80 bits per heavy atom. The SMILES string of the molecule is CCCc1sc2ccccc2c1COC. The van der Waals surface area contributed by atoms with Crippen molar-refractivity contribution in [2.45, 2.75) is 26.4 Å². The molecule has 2 rings (SSSR count). The minimum Gasteiger partial charge on any atom is -0.380 e. The number of ether oxygens (including phenoxy) is 1. The summed E-state index contributed by atoms with van der Waals surface area (Å²) in [4.78, 5) is 1.49. The maximum Gasteiger partial charge on any atom is 0.0729 e. The van der Waals surface area contributed by atoms with E-state index in [0.717, 1.165) is 13.0 Å². The second-order valence-corrected chi connectivity index (χ2v) is 4.82. The molecule has 0 amide bonds. The summed E-state index contributed by atoms with van der Waals surface area (Å²) in [6.07, 6.45) is 2.36. The van der Waals surface area contributed by atoms with Crippen LogP contribution in [0.4, 0.5) is 0 Å². The topological polar surface area (TPSA) is 9.23 Å². The van der Waals surface area contributed by atoms with E-state index in [1.165, 1.54) is 26.9 Å². The Kier molecular flexibility index (Phi) is 3.39. The Morgan fingerprint density at radius 2 is 2.07 bits per heavy atom. The van der Waals surface area contributed by atoms with E-state index < -0.39 is 0 Å². The van der Waals surface area contributed by atoms with Crippen LogP contribution in [0.3, 0.4) is 0 Å². The molecule has 1 aromatic heterocycles. The van der Waals surface area contributed by atoms with Crippen LogP contribution in [0.5, 0.6) is 0 Å².